The summed E-state index contributed by atoms with van der Waals surface area (Å²) in [5.41, 5.74) is 0.858. The van der Waals surface area contributed by atoms with Gasteiger partial charge < -0.3 is 14.4 Å². The molecule has 1 fully saturated rings. The number of fused-ring (bicyclic) bond motifs is 1. The van der Waals surface area contributed by atoms with Crippen molar-refractivity contribution in [2.75, 3.05) is 18.1 Å². The molecule has 96 valence electrons. The first-order valence-corrected chi connectivity index (χ1v) is 6.44. The van der Waals surface area contributed by atoms with Gasteiger partial charge in [-0.15, -0.1) is 0 Å². The molecule has 1 aromatic rings. The van der Waals surface area contributed by atoms with Crippen molar-refractivity contribution in [1.82, 2.24) is 0 Å². The van der Waals surface area contributed by atoms with Crippen molar-refractivity contribution in [1.29, 1.82) is 0 Å². The summed E-state index contributed by atoms with van der Waals surface area (Å²) in [7, 11) is 0. The van der Waals surface area contributed by atoms with Gasteiger partial charge in [0, 0.05) is 6.61 Å². The van der Waals surface area contributed by atoms with Gasteiger partial charge in [-0.3, -0.25) is 4.79 Å². The molecule has 1 saturated heterocycles. The van der Waals surface area contributed by atoms with E-state index in [-0.39, 0.29) is 18.1 Å². The quantitative estimate of drug-likeness (QED) is 0.761. The van der Waals surface area contributed by atoms with Crippen LogP contribution in [0.25, 0.3) is 0 Å². The Morgan fingerprint density at radius 2 is 2.22 bits per heavy atom. The summed E-state index contributed by atoms with van der Waals surface area (Å²) in [6.45, 7) is 3.26. The average molecular weight is 247 g/mol. The molecule has 4 nitrogen and oxygen atoms in total. The number of ether oxygens (including phenoxy) is 2. The minimum Gasteiger partial charge on any atom is -0.487 e. The fourth-order valence-electron chi connectivity index (χ4n) is 2.54. The Morgan fingerprint density at radius 3 is 3.00 bits per heavy atom. The molecule has 0 bridgehead atoms. The summed E-state index contributed by atoms with van der Waals surface area (Å²) in [6.07, 6.45) is 1.54. The number of carbonyl (C=O) groups excluding carboxylic acids is 1. The van der Waals surface area contributed by atoms with Gasteiger partial charge >= 0.3 is 0 Å². The van der Waals surface area contributed by atoms with Crippen molar-refractivity contribution in [2.24, 2.45) is 0 Å². The van der Waals surface area contributed by atoms with Crippen molar-refractivity contribution < 1.29 is 14.3 Å². The first-order chi connectivity index (χ1) is 8.75. The highest BCUT2D eigenvalue weighted by atomic mass is 16.5. The largest absolute Gasteiger partial charge is 0.487 e. The molecule has 1 aromatic carbocycles. The molecule has 4 heteroatoms. The van der Waals surface area contributed by atoms with E-state index >= 15 is 0 Å². The van der Waals surface area contributed by atoms with Crippen molar-refractivity contribution >= 4 is 11.6 Å². The number of benzene rings is 1. The van der Waals surface area contributed by atoms with Gasteiger partial charge in [-0.05, 0) is 31.9 Å². The Kier molecular flexibility index (Phi) is 2.96. The lowest BCUT2D eigenvalue weighted by molar-refractivity contribution is -0.127. The van der Waals surface area contributed by atoms with Crippen molar-refractivity contribution in [3.8, 4) is 5.75 Å². The second-order valence-corrected chi connectivity index (χ2v) is 4.85. The first-order valence-electron chi connectivity index (χ1n) is 6.44. The van der Waals surface area contributed by atoms with Crippen LogP contribution >= 0.6 is 0 Å². The van der Waals surface area contributed by atoms with Crippen LogP contribution in [0.5, 0.6) is 5.75 Å². The lowest BCUT2D eigenvalue weighted by Gasteiger charge is -2.34. The van der Waals surface area contributed by atoms with Crippen LogP contribution in [0.1, 0.15) is 19.8 Å². The zero-order valence-corrected chi connectivity index (χ0v) is 10.5. The number of hydrogen-bond donors (Lipinski definition) is 0. The summed E-state index contributed by atoms with van der Waals surface area (Å²) in [5.74, 6) is 0.845. The smallest absolute Gasteiger partial charge is 0.256 e. The van der Waals surface area contributed by atoms with Crippen LogP contribution in [0.2, 0.25) is 0 Å². The van der Waals surface area contributed by atoms with Gasteiger partial charge in [-0.2, -0.15) is 0 Å². The Labute approximate surface area is 106 Å². The standard InChI is InChI=1S/C14H17NO3/c1-10-9-15(14(16)13-7-4-8-17-13)11-5-2-3-6-12(11)18-10/h2-3,5-6,10,13H,4,7-9H2,1H3. The number of para-hydroxylation sites is 2. The fourth-order valence-corrected chi connectivity index (χ4v) is 2.54. The molecular weight excluding hydrogens is 230 g/mol. The average Bonchev–Trinajstić information content (AvgIpc) is 2.90. The predicted molar refractivity (Wildman–Crippen MR) is 67.9 cm³/mol. The molecular formula is C14H17NO3. The van der Waals surface area contributed by atoms with E-state index in [9.17, 15) is 4.79 Å². The predicted octanol–water partition coefficient (Wildman–Crippen LogP) is 1.98. The SMILES string of the molecule is CC1CN(C(=O)C2CCCO2)c2ccccc2O1. The van der Waals surface area contributed by atoms with E-state index in [1.165, 1.54) is 0 Å². The Balaban J connectivity index is 1.89. The van der Waals surface area contributed by atoms with Crippen molar-refractivity contribution in [3.05, 3.63) is 24.3 Å². The van der Waals surface area contributed by atoms with E-state index in [0.29, 0.717) is 13.2 Å². The molecule has 18 heavy (non-hydrogen) atoms. The molecule has 0 N–H and O–H groups in total. The molecule has 0 radical (unpaired) electrons. The van der Waals surface area contributed by atoms with Crippen LogP contribution in [0, 0.1) is 0 Å². The minimum absolute atomic E-state index is 0.0188. The molecule has 0 spiro atoms. The van der Waals surface area contributed by atoms with Crippen molar-refractivity contribution in [2.45, 2.75) is 32.0 Å². The monoisotopic (exact) mass is 247 g/mol. The highest BCUT2D eigenvalue weighted by Crippen LogP contribution is 2.34. The number of amides is 1. The van der Waals surface area contributed by atoms with E-state index in [2.05, 4.69) is 0 Å². The Hall–Kier alpha value is -1.55. The normalized spacial score (nSPS) is 26.6. The van der Waals surface area contributed by atoms with Crippen molar-refractivity contribution in [3.63, 3.8) is 0 Å². The second-order valence-electron chi connectivity index (χ2n) is 4.85. The van der Waals surface area contributed by atoms with Gasteiger partial charge in [-0.25, -0.2) is 0 Å². The maximum atomic E-state index is 12.5. The third-order valence-electron chi connectivity index (χ3n) is 3.40. The molecule has 0 aromatic heterocycles. The zero-order valence-electron chi connectivity index (χ0n) is 10.5. The number of rotatable bonds is 1. The van der Waals surface area contributed by atoms with Crippen LogP contribution in [-0.2, 0) is 9.53 Å². The van der Waals surface area contributed by atoms with Crippen LogP contribution < -0.4 is 9.64 Å². The Bertz CT molecular complexity index is 454. The molecule has 1 amide bonds. The van der Waals surface area contributed by atoms with E-state index < -0.39 is 0 Å². The maximum Gasteiger partial charge on any atom is 0.256 e. The lowest BCUT2D eigenvalue weighted by atomic mass is 10.1. The van der Waals surface area contributed by atoms with E-state index in [1.54, 1.807) is 4.90 Å². The van der Waals surface area contributed by atoms with E-state index in [0.717, 1.165) is 24.3 Å². The third-order valence-corrected chi connectivity index (χ3v) is 3.40. The van der Waals surface area contributed by atoms with Gasteiger partial charge in [0.05, 0.1) is 12.2 Å². The molecule has 2 heterocycles. The van der Waals surface area contributed by atoms with Gasteiger partial charge in [0.15, 0.2) is 0 Å². The first kappa shape index (κ1) is 11.5. The van der Waals surface area contributed by atoms with Crippen LogP contribution in [0.3, 0.4) is 0 Å². The minimum atomic E-state index is -0.275. The summed E-state index contributed by atoms with van der Waals surface area (Å²) in [6, 6.07) is 7.68. The molecule has 3 rings (SSSR count). The maximum absolute atomic E-state index is 12.5. The number of carbonyl (C=O) groups is 1. The molecule has 0 aliphatic carbocycles. The van der Waals surface area contributed by atoms with E-state index in [4.69, 9.17) is 9.47 Å². The zero-order chi connectivity index (χ0) is 12.5. The molecule has 2 aliphatic heterocycles. The summed E-state index contributed by atoms with van der Waals surface area (Å²) in [4.78, 5) is 14.3. The summed E-state index contributed by atoms with van der Waals surface area (Å²) >= 11 is 0. The third kappa shape index (κ3) is 1.97. The second kappa shape index (κ2) is 4.61. The molecule has 2 atom stereocenters. The van der Waals surface area contributed by atoms with Gasteiger partial charge in [0.2, 0.25) is 0 Å². The highest BCUT2D eigenvalue weighted by Gasteiger charge is 2.33. The van der Waals surface area contributed by atoms with Gasteiger partial charge in [0.1, 0.15) is 18.0 Å². The topological polar surface area (TPSA) is 38.8 Å². The highest BCUT2D eigenvalue weighted by molar-refractivity contribution is 5.98. The van der Waals surface area contributed by atoms with Crippen LogP contribution in [0.4, 0.5) is 5.69 Å². The number of anilines is 1. The number of nitrogens with zero attached hydrogens (tertiary/aromatic N) is 1. The molecule has 0 saturated carbocycles. The van der Waals surface area contributed by atoms with Gasteiger partial charge in [-0.1, -0.05) is 12.1 Å². The fraction of sp³-hybridized carbons (Fsp3) is 0.500. The summed E-state index contributed by atoms with van der Waals surface area (Å²) < 4.78 is 11.2. The van der Waals surface area contributed by atoms with Crippen LogP contribution in [-0.4, -0.2) is 31.3 Å². The number of hydrogen-bond acceptors (Lipinski definition) is 3. The summed E-state index contributed by atoms with van der Waals surface area (Å²) in [5, 5.41) is 0. The van der Waals surface area contributed by atoms with Crippen LogP contribution in [0.15, 0.2) is 24.3 Å². The Morgan fingerprint density at radius 1 is 1.39 bits per heavy atom. The van der Waals surface area contributed by atoms with E-state index in [1.807, 2.05) is 31.2 Å². The lowest BCUT2D eigenvalue weighted by Crippen LogP contribution is -2.46. The van der Waals surface area contributed by atoms with Gasteiger partial charge in [0.25, 0.3) is 5.91 Å². The molecule has 2 aliphatic rings. The molecule has 2 unspecified atom stereocenters.